The van der Waals surface area contributed by atoms with Gasteiger partial charge in [-0.1, -0.05) is 6.92 Å². The Morgan fingerprint density at radius 3 is 2.67 bits per heavy atom. The van der Waals surface area contributed by atoms with Gasteiger partial charge in [0, 0.05) is 26.7 Å². The summed E-state index contributed by atoms with van der Waals surface area (Å²) in [6.45, 7) is 4.71. The van der Waals surface area contributed by atoms with Crippen molar-refractivity contribution in [1.29, 1.82) is 0 Å². The van der Waals surface area contributed by atoms with Crippen LogP contribution in [0.3, 0.4) is 0 Å². The molecule has 1 heterocycles. The predicted octanol–water partition coefficient (Wildman–Crippen LogP) is 1.03. The maximum Gasteiger partial charge on any atom is 0.319 e. The molecule has 0 spiro atoms. The van der Waals surface area contributed by atoms with Crippen LogP contribution in [0, 0.1) is 11.8 Å². The van der Waals surface area contributed by atoms with Crippen molar-refractivity contribution in [2.45, 2.75) is 26.7 Å². The SMILES string of the molecule is CCOC(=O)C1CCCN(C(=O)N(C)CC(C)C(=O)O)C1. The summed E-state index contributed by atoms with van der Waals surface area (Å²) in [5.74, 6) is -2.10. The number of hydrogen-bond donors (Lipinski definition) is 1. The fourth-order valence-corrected chi connectivity index (χ4v) is 2.41. The summed E-state index contributed by atoms with van der Waals surface area (Å²) >= 11 is 0. The maximum atomic E-state index is 12.3. The monoisotopic (exact) mass is 300 g/mol. The molecule has 0 aliphatic carbocycles. The van der Waals surface area contributed by atoms with Crippen LogP contribution in [0.2, 0.25) is 0 Å². The summed E-state index contributed by atoms with van der Waals surface area (Å²) < 4.78 is 5.00. The smallest absolute Gasteiger partial charge is 0.319 e. The highest BCUT2D eigenvalue weighted by Crippen LogP contribution is 2.19. The van der Waals surface area contributed by atoms with Crippen LogP contribution < -0.4 is 0 Å². The standard InChI is InChI=1S/C14H24N2O5/c1-4-21-13(19)11-6-5-7-16(9-11)14(20)15(3)8-10(2)12(17)18/h10-11H,4-9H2,1-3H3,(H,17,18). The number of urea groups is 1. The van der Waals surface area contributed by atoms with E-state index in [-0.39, 0.29) is 24.5 Å². The van der Waals surface area contributed by atoms with E-state index >= 15 is 0 Å². The normalized spacial score (nSPS) is 19.8. The van der Waals surface area contributed by atoms with E-state index in [1.807, 2.05) is 0 Å². The number of piperidine rings is 1. The van der Waals surface area contributed by atoms with Crippen molar-refractivity contribution >= 4 is 18.0 Å². The summed E-state index contributed by atoms with van der Waals surface area (Å²) in [5, 5.41) is 8.88. The Kier molecular flexibility index (Phi) is 6.45. The molecule has 0 radical (unpaired) electrons. The van der Waals surface area contributed by atoms with E-state index in [9.17, 15) is 14.4 Å². The van der Waals surface area contributed by atoms with Gasteiger partial charge in [0.15, 0.2) is 0 Å². The van der Waals surface area contributed by atoms with Gasteiger partial charge in [-0.05, 0) is 19.8 Å². The Bertz CT molecular complexity index is 399. The predicted molar refractivity (Wildman–Crippen MR) is 75.8 cm³/mol. The third-order valence-corrected chi connectivity index (χ3v) is 3.61. The van der Waals surface area contributed by atoms with Gasteiger partial charge < -0.3 is 19.6 Å². The van der Waals surface area contributed by atoms with E-state index in [0.29, 0.717) is 19.7 Å². The van der Waals surface area contributed by atoms with Gasteiger partial charge in [-0.25, -0.2) is 4.79 Å². The Labute approximate surface area is 124 Å². The Hall–Kier alpha value is -1.79. The Balaban J connectivity index is 2.57. The number of hydrogen-bond acceptors (Lipinski definition) is 4. The number of carbonyl (C=O) groups excluding carboxylic acids is 2. The fourth-order valence-electron chi connectivity index (χ4n) is 2.41. The zero-order valence-corrected chi connectivity index (χ0v) is 12.9. The van der Waals surface area contributed by atoms with Gasteiger partial charge in [0.1, 0.15) is 0 Å². The van der Waals surface area contributed by atoms with E-state index in [4.69, 9.17) is 9.84 Å². The van der Waals surface area contributed by atoms with Gasteiger partial charge in [0.2, 0.25) is 0 Å². The lowest BCUT2D eigenvalue weighted by molar-refractivity contribution is -0.149. The number of rotatable bonds is 5. The molecule has 2 amide bonds. The van der Waals surface area contributed by atoms with E-state index < -0.39 is 11.9 Å². The molecule has 1 fully saturated rings. The molecule has 0 aromatic heterocycles. The molecule has 1 aliphatic heterocycles. The minimum absolute atomic E-state index is 0.148. The number of carbonyl (C=O) groups is 3. The van der Waals surface area contributed by atoms with Crippen molar-refractivity contribution in [2.75, 3.05) is 33.3 Å². The number of aliphatic carboxylic acids is 1. The van der Waals surface area contributed by atoms with Crippen LogP contribution in [0.15, 0.2) is 0 Å². The number of ether oxygens (including phenoxy) is 1. The molecule has 120 valence electrons. The molecule has 0 bridgehead atoms. The average molecular weight is 300 g/mol. The minimum atomic E-state index is -0.933. The lowest BCUT2D eigenvalue weighted by atomic mass is 9.98. The van der Waals surface area contributed by atoms with E-state index in [2.05, 4.69) is 0 Å². The summed E-state index contributed by atoms with van der Waals surface area (Å²) in [6, 6.07) is -0.239. The maximum absolute atomic E-state index is 12.3. The van der Waals surface area contributed by atoms with Crippen molar-refractivity contribution in [3.8, 4) is 0 Å². The van der Waals surface area contributed by atoms with Gasteiger partial charge in [-0.3, -0.25) is 9.59 Å². The molecule has 7 nitrogen and oxygen atoms in total. The minimum Gasteiger partial charge on any atom is -0.481 e. The van der Waals surface area contributed by atoms with Crippen LogP contribution >= 0.6 is 0 Å². The van der Waals surface area contributed by atoms with Crippen LogP contribution in [-0.4, -0.2) is 66.2 Å². The van der Waals surface area contributed by atoms with Crippen molar-refractivity contribution < 1.29 is 24.2 Å². The first kappa shape index (κ1) is 17.3. The number of likely N-dealkylation sites (tertiary alicyclic amines) is 1. The number of carboxylic acid groups (broad SMARTS) is 1. The van der Waals surface area contributed by atoms with Crippen molar-refractivity contribution in [3.63, 3.8) is 0 Å². The molecule has 2 unspecified atom stereocenters. The highest BCUT2D eigenvalue weighted by atomic mass is 16.5. The molecule has 1 rings (SSSR count). The largest absolute Gasteiger partial charge is 0.481 e. The van der Waals surface area contributed by atoms with Gasteiger partial charge in [0.25, 0.3) is 0 Å². The second-order valence-electron chi connectivity index (χ2n) is 5.44. The van der Waals surface area contributed by atoms with Gasteiger partial charge >= 0.3 is 18.0 Å². The topological polar surface area (TPSA) is 87.2 Å². The van der Waals surface area contributed by atoms with Crippen LogP contribution in [0.1, 0.15) is 26.7 Å². The Morgan fingerprint density at radius 1 is 1.43 bits per heavy atom. The molecular weight excluding hydrogens is 276 g/mol. The molecular formula is C14H24N2O5. The summed E-state index contributed by atoms with van der Waals surface area (Å²) in [5.41, 5.74) is 0. The zero-order valence-electron chi connectivity index (χ0n) is 12.9. The third kappa shape index (κ3) is 4.91. The van der Waals surface area contributed by atoms with E-state index in [0.717, 1.165) is 12.8 Å². The molecule has 0 aromatic carbocycles. The van der Waals surface area contributed by atoms with Crippen molar-refractivity contribution in [2.24, 2.45) is 11.8 Å². The van der Waals surface area contributed by atoms with Gasteiger partial charge in [-0.2, -0.15) is 0 Å². The summed E-state index contributed by atoms with van der Waals surface area (Å²) in [4.78, 5) is 37.9. The lowest BCUT2D eigenvalue weighted by Crippen LogP contribution is -2.49. The van der Waals surface area contributed by atoms with Crippen LogP contribution in [0.5, 0.6) is 0 Å². The first-order chi connectivity index (χ1) is 9.86. The lowest BCUT2D eigenvalue weighted by Gasteiger charge is -2.34. The molecule has 1 saturated heterocycles. The van der Waals surface area contributed by atoms with Crippen LogP contribution in [0.25, 0.3) is 0 Å². The number of nitrogens with zero attached hydrogens (tertiary/aromatic N) is 2. The second-order valence-corrected chi connectivity index (χ2v) is 5.44. The molecule has 0 aromatic rings. The quantitative estimate of drug-likeness (QED) is 0.766. The van der Waals surface area contributed by atoms with Gasteiger partial charge in [0.05, 0.1) is 18.4 Å². The number of esters is 1. The molecule has 21 heavy (non-hydrogen) atoms. The van der Waals surface area contributed by atoms with Gasteiger partial charge in [-0.15, -0.1) is 0 Å². The molecule has 7 heteroatoms. The second kappa shape index (κ2) is 7.85. The van der Waals surface area contributed by atoms with Crippen molar-refractivity contribution in [1.82, 2.24) is 9.80 Å². The highest BCUT2D eigenvalue weighted by Gasteiger charge is 2.31. The summed E-state index contributed by atoms with van der Waals surface area (Å²) in [6.07, 6.45) is 1.47. The molecule has 1 N–H and O–H groups in total. The highest BCUT2D eigenvalue weighted by molar-refractivity contribution is 5.78. The van der Waals surface area contributed by atoms with E-state index in [1.165, 1.54) is 4.90 Å². The Morgan fingerprint density at radius 2 is 2.10 bits per heavy atom. The number of carboxylic acids is 1. The van der Waals surface area contributed by atoms with Crippen LogP contribution in [-0.2, 0) is 14.3 Å². The zero-order chi connectivity index (χ0) is 16.0. The molecule has 2 atom stereocenters. The van der Waals surface area contributed by atoms with E-state index in [1.54, 1.807) is 25.8 Å². The number of amides is 2. The average Bonchev–Trinajstić information content (AvgIpc) is 2.46. The first-order valence-electron chi connectivity index (χ1n) is 7.26. The summed E-state index contributed by atoms with van der Waals surface area (Å²) in [7, 11) is 1.58. The fraction of sp³-hybridized carbons (Fsp3) is 0.786. The molecule has 0 saturated carbocycles. The van der Waals surface area contributed by atoms with Crippen LogP contribution in [0.4, 0.5) is 4.79 Å². The first-order valence-corrected chi connectivity index (χ1v) is 7.26. The molecule has 1 aliphatic rings. The van der Waals surface area contributed by atoms with Crippen molar-refractivity contribution in [3.05, 3.63) is 0 Å². The third-order valence-electron chi connectivity index (χ3n) is 3.61.